The largest absolute Gasteiger partial charge is 0.449 e. The first-order chi connectivity index (χ1) is 17.1. The van der Waals surface area contributed by atoms with Crippen molar-refractivity contribution < 1.29 is 41.6 Å². The van der Waals surface area contributed by atoms with Gasteiger partial charge in [0.05, 0.1) is 6.61 Å². The van der Waals surface area contributed by atoms with Crippen LogP contribution in [-0.4, -0.2) is 53.3 Å². The Hall–Kier alpha value is -4.46. The predicted molar refractivity (Wildman–Crippen MR) is 115 cm³/mol. The number of carbonyl (C=O) groups is 3. The van der Waals surface area contributed by atoms with Crippen molar-refractivity contribution in [1.82, 2.24) is 10.1 Å². The number of halogens is 3. The fourth-order valence-electron chi connectivity index (χ4n) is 3.49. The number of rotatable bonds is 6. The second-order valence-electron chi connectivity index (χ2n) is 7.54. The molecule has 2 atom stereocenters. The number of amides is 2. The molecule has 0 saturated carbocycles. The summed E-state index contributed by atoms with van der Waals surface area (Å²) >= 11 is 0. The van der Waals surface area contributed by atoms with E-state index in [9.17, 15) is 32.3 Å². The molecule has 2 N–H and O–H groups in total. The van der Waals surface area contributed by atoms with Crippen LogP contribution < -0.4 is 16.0 Å². The summed E-state index contributed by atoms with van der Waals surface area (Å²) in [6.45, 7) is 0.691. The number of anilines is 2. The molecular formula is C22H17F3N4O7. The molecular weight excluding hydrogens is 489 g/mol. The van der Waals surface area contributed by atoms with Crippen LogP contribution in [0.3, 0.4) is 0 Å². The number of esters is 1. The van der Waals surface area contributed by atoms with E-state index in [0.717, 1.165) is 11.8 Å². The molecule has 1 saturated heterocycles. The highest BCUT2D eigenvalue weighted by atomic mass is 19.2. The topological polar surface area (TPSA) is 144 Å². The van der Waals surface area contributed by atoms with Gasteiger partial charge in [-0.1, -0.05) is 5.16 Å². The van der Waals surface area contributed by atoms with Gasteiger partial charge < -0.3 is 19.7 Å². The summed E-state index contributed by atoms with van der Waals surface area (Å²) in [5, 5.41) is 6.02. The highest BCUT2D eigenvalue weighted by Crippen LogP contribution is 2.26. The maximum atomic E-state index is 13.7. The zero-order chi connectivity index (χ0) is 26.0. The first kappa shape index (κ1) is 24.7. The number of morpholine rings is 1. The van der Waals surface area contributed by atoms with Crippen LogP contribution >= 0.6 is 0 Å². The molecule has 2 heterocycles. The van der Waals surface area contributed by atoms with E-state index in [1.54, 1.807) is 0 Å². The molecule has 1 aromatic heterocycles. The smallest absolute Gasteiger partial charge is 0.439 e. The van der Waals surface area contributed by atoms with E-state index in [1.165, 1.54) is 24.3 Å². The standard InChI is InChI=1S/C22H17F3N4O7/c1-10(30)35-17(20(31)26-12-4-2-11(3-5-12)19-27-22(33)36-28-19)18-21(32)29(6-7-34-18)13-8-14(23)16(25)15(24)9-13/h2-5,8-9,17-18H,6-7H2,1H3,(H,26,31)(H,27,28,33)/t17-,18-/m1/s1. The Labute approximate surface area is 199 Å². The van der Waals surface area contributed by atoms with E-state index in [0.29, 0.717) is 17.7 Å². The van der Waals surface area contributed by atoms with Crippen molar-refractivity contribution in [1.29, 1.82) is 0 Å². The molecule has 0 aliphatic carbocycles. The summed E-state index contributed by atoms with van der Waals surface area (Å²) in [4.78, 5) is 52.1. The SMILES string of the molecule is CC(=O)O[C@@H](C(=O)Nc1ccc(-c2noc(=O)[nH]2)cc1)[C@H]1OCCN(c2cc(F)c(F)c(F)c2)C1=O. The number of ether oxygens (including phenoxy) is 2. The molecule has 36 heavy (non-hydrogen) atoms. The van der Waals surface area contributed by atoms with Crippen LogP contribution in [0.1, 0.15) is 6.92 Å². The lowest BCUT2D eigenvalue weighted by atomic mass is 10.1. The Balaban J connectivity index is 1.54. The first-order valence-corrected chi connectivity index (χ1v) is 10.4. The average molecular weight is 506 g/mol. The fraction of sp³-hybridized carbons (Fsp3) is 0.227. The van der Waals surface area contributed by atoms with Crippen molar-refractivity contribution in [2.45, 2.75) is 19.1 Å². The third-order valence-corrected chi connectivity index (χ3v) is 5.09. The molecule has 2 aromatic carbocycles. The third kappa shape index (κ3) is 5.12. The van der Waals surface area contributed by atoms with Gasteiger partial charge in [0.15, 0.2) is 29.4 Å². The molecule has 14 heteroatoms. The number of aromatic amines is 1. The van der Waals surface area contributed by atoms with Crippen LogP contribution in [0, 0.1) is 17.5 Å². The predicted octanol–water partition coefficient (Wildman–Crippen LogP) is 1.75. The molecule has 3 aromatic rings. The van der Waals surface area contributed by atoms with Crippen LogP contribution in [0.25, 0.3) is 11.4 Å². The molecule has 4 rings (SSSR count). The van der Waals surface area contributed by atoms with Gasteiger partial charge in [-0.3, -0.25) is 23.9 Å². The molecule has 0 spiro atoms. The zero-order valence-electron chi connectivity index (χ0n) is 18.4. The van der Waals surface area contributed by atoms with Crippen LogP contribution in [0.5, 0.6) is 0 Å². The van der Waals surface area contributed by atoms with Crippen molar-refractivity contribution >= 4 is 29.2 Å². The maximum Gasteiger partial charge on any atom is 0.439 e. The molecule has 1 aliphatic heterocycles. The van der Waals surface area contributed by atoms with Crippen molar-refractivity contribution in [3.63, 3.8) is 0 Å². The van der Waals surface area contributed by atoms with Gasteiger partial charge in [-0.2, -0.15) is 0 Å². The summed E-state index contributed by atoms with van der Waals surface area (Å²) < 4.78 is 55.6. The number of carbonyl (C=O) groups excluding carboxylic acids is 3. The highest BCUT2D eigenvalue weighted by molar-refractivity contribution is 6.04. The molecule has 0 radical (unpaired) electrons. The summed E-state index contributed by atoms with van der Waals surface area (Å²) in [5.74, 6) is -8.05. The second kappa shape index (κ2) is 10.0. The van der Waals surface area contributed by atoms with Gasteiger partial charge in [0, 0.05) is 42.5 Å². The van der Waals surface area contributed by atoms with E-state index in [4.69, 9.17) is 9.47 Å². The van der Waals surface area contributed by atoms with Crippen molar-refractivity contribution in [2.24, 2.45) is 0 Å². The van der Waals surface area contributed by atoms with Gasteiger partial charge in [-0.15, -0.1) is 0 Å². The monoisotopic (exact) mass is 506 g/mol. The molecule has 1 aliphatic rings. The van der Waals surface area contributed by atoms with Gasteiger partial charge >= 0.3 is 11.7 Å². The van der Waals surface area contributed by atoms with Crippen LogP contribution in [0.2, 0.25) is 0 Å². The van der Waals surface area contributed by atoms with Gasteiger partial charge in [0.1, 0.15) is 0 Å². The van der Waals surface area contributed by atoms with Gasteiger partial charge in [-0.05, 0) is 24.3 Å². The highest BCUT2D eigenvalue weighted by Gasteiger charge is 2.43. The maximum absolute atomic E-state index is 13.7. The normalized spacial score (nSPS) is 16.5. The number of hydrogen-bond donors (Lipinski definition) is 2. The summed E-state index contributed by atoms with van der Waals surface area (Å²) in [6, 6.07) is 7.17. The fourth-order valence-corrected chi connectivity index (χ4v) is 3.49. The van der Waals surface area contributed by atoms with Gasteiger partial charge in [0.25, 0.3) is 11.8 Å². The minimum atomic E-state index is -1.76. The number of aromatic nitrogens is 2. The minimum Gasteiger partial charge on any atom is -0.449 e. The Bertz CT molecular complexity index is 1350. The second-order valence-corrected chi connectivity index (χ2v) is 7.54. The third-order valence-electron chi connectivity index (χ3n) is 5.09. The lowest BCUT2D eigenvalue weighted by Crippen LogP contribution is -2.56. The van der Waals surface area contributed by atoms with Crippen LogP contribution in [-0.2, 0) is 23.9 Å². The van der Waals surface area contributed by atoms with E-state index in [2.05, 4.69) is 20.0 Å². The van der Waals surface area contributed by atoms with Crippen LogP contribution in [0.15, 0.2) is 45.7 Å². The first-order valence-electron chi connectivity index (χ1n) is 10.4. The Morgan fingerprint density at radius 2 is 1.83 bits per heavy atom. The molecule has 2 amide bonds. The van der Waals surface area contributed by atoms with E-state index < -0.39 is 53.2 Å². The Kier molecular flexibility index (Phi) is 6.87. The number of hydrogen-bond acceptors (Lipinski definition) is 8. The quantitative estimate of drug-likeness (QED) is 0.380. The van der Waals surface area contributed by atoms with E-state index in [1.807, 2.05) is 0 Å². The average Bonchev–Trinajstić information content (AvgIpc) is 3.27. The molecule has 11 nitrogen and oxygen atoms in total. The van der Waals surface area contributed by atoms with Gasteiger partial charge in [0.2, 0.25) is 6.10 Å². The number of nitrogens with one attached hydrogen (secondary N) is 2. The van der Waals surface area contributed by atoms with Gasteiger partial charge in [-0.25, -0.2) is 18.0 Å². The minimum absolute atomic E-state index is 0.153. The Morgan fingerprint density at radius 1 is 1.17 bits per heavy atom. The van der Waals surface area contributed by atoms with Crippen molar-refractivity contribution in [3.05, 3.63) is 64.4 Å². The number of H-pyrrole nitrogens is 1. The lowest BCUT2D eigenvalue weighted by molar-refractivity contribution is -0.167. The summed E-state index contributed by atoms with van der Waals surface area (Å²) in [6.07, 6.45) is -3.42. The van der Waals surface area contributed by atoms with Crippen molar-refractivity contribution in [2.75, 3.05) is 23.4 Å². The van der Waals surface area contributed by atoms with E-state index in [-0.39, 0.29) is 30.4 Å². The Morgan fingerprint density at radius 3 is 2.42 bits per heavy atom. The van der Waals surface area contributed by atoms with Crippen LogP contribution in [0.4, 0.5) is 24.5 Å². The molecule has 0 unspecified atom stereocenters. The number of nitrogens with zero attached hydrogens (tertiary/aromatic N) is 2. The lowest BCUT2D eigenvalue weighted by Gasteiger charge is -2.35. The molecule has 1 fully saturated rings. The number of benzene rings is 2. The molecule has 188 valence electrons. The summed E-state index contributed by atoms with van der Waals surface area (Å²) in [5.41, 5.74) is 0.401. The molecule has 0 bridgehead atoms. The van der Waals surface area contributed by atoms with Crippen molar-refractivity contribution in [3.8, 4) is 11.4 Å². The summed E-state index contributed by atoms with van der Waals surface area (Å²) in [7, 11) is 0. The zero-order valence-corrected chi connectivity index (χ0v) is 18.4. The van der Waals surface area contributed by atoms with E-state index >= 15 is 0 Å².